The molecule has 1 N–H and O–H groups in total. The van der Waals surface area contributed by atoms with E-state index in [9.17, 15) is 14.4 Å². The van der Waals surface area contributed by atoms with Crippen LogP contribution in [-0.2, 0) is 28.0 Å². The van der Waals surface area contributed by atoms with Crippen molar-refractivity contribution in [3.63, 3.8) is 0 Å². The molecule has 262 valence electrons. The first-order valence-electron chi connectivity index (χ1n) is 17.4. The van der Waals surface area contributed by atoms with Crippen LogP contribution in [-0.4, -0.2) is 67.2 Å². The lowest BCUT2D eigenvalue weighted by atomic mass is 9.87. The van der Waals surface area contributed by atoms with Crippen molar-refractivity contribution in [2.45, 2.75) is 59.0 Å². The fraction of sp³-hybridized carbons (Fsp3) is 0.375. The summed E-state index contributed by atoms with van der Waals surface area (Å²) in [7, 11) is 0. The number of amides is 4. The molecule has 0 radical (unpaired) electrons. The number of nitrogens with zero attached hydrogens (tertiary/aromatic N) is 2. The minimum atomic E-state index is -1.31. The monoisotopic (exact) mass is 679 g/mol. The highest BCUT2D eigenvalue weighted by Gasteiger charge is 2.50. The Labute approximate surface area is 293 Å². The Morgan fingerprint density at radius 2 is 1.42 bits per heavy atom. The molecule has 2 atom stereocenters. The van der Waals surface area contributed by atoms with Gasteiger partial charge in [0.15, 0.2) is 23.0 Å². The Hall–Kier alpha value is -5.25. The molecular weight excluding hydrogens is 634 g/mol. The zero-order valence-corrected chi connectivity index (χ0v) is 29.4. The van der Waals surface area contributed by atoms with Crippen LogP contribution < -0.4 is 24.3 Å². The summed E-state index contributed by atoms with van der Waals surface area (Å²) in [6.45, 7) is 11.3. The van der Waals surface area contributed by atoms with Crippen LogP contribution in [0.3, 0.4) is 0 Å². The van der Waals surface area contributed by atoms with Crippen LogP contribution >= 0.6 is 0 Å². The van der Waals surface area contributed by atoms with Crippen LogP contribution in [0.1, 0.15) is 62.9 Å². The van der Waals surface area contributed by atoms with Crippen LogP contribution in [0.5, 0.6) is 23.0 Å². The van der Waals surface area contributed by atoms with Gasteiger partial charge in [0, 0.05) is 6.54 Å². The number of urea groups is 1. The molecule has 10 heteroatoms. The summed E-state index contributed by atoms with van der Waals surface area (Å²) in [5, 5.41) is 4.86. The van der Waals surface area contributed by atoms with Crippen molar-refractivity contribution >= 4 is 28.6 Å². The highest BCUT2D eigenvalue weighted by Crippen LogP contribution is 2.41. The summed E-state index contributed by atoms with van der Waals surface area (Å²) < 4.78 is 23.6. The predicted octanol–water partition coefficient (Wildman–Crippen LogP) is 6.57. The van der Waals surface area contributed by atoms with Gasteiger partial charge in [0.2, 0.25) is 5.91 Å². The largest absolute Gasteiger partial charge is 0.490 e. The number of nitrogens with one attached hydrogen (secondary N) is 1. The van der Waals surface area contributed by atoms with Gasteiger partial charge in [-0.25, -0.2) is 4.79 Å². The van der Waals surface area contributed by atoms with Gasteiger partial charge in [-0.1, -0.05) is 42.5 Å². The summed E-state index contributed by atoms with van der Waals surface area (Å²) in [6, 6.07) is 22.3. The first-order chi connectivity index (χ1) is 24.2. The van der Waals surface area contributed by atoms with Gasteiger partial charge in [-0.2, -0.15) is 0 Å². The third-order valence-corrected chi connectivity index (χ3v) is 9.41. The lowest BCUT2D eigenvalue weighted by Crippen LogP contribution is -2.48. The number of benzene rings is 4. The molecule has 4 aromatic carbocycles. The van der Waals surface area contributed by atoms with Gasteiger partial charge in [0.25, 0.3) is 5.91 Å². The van der Waals surface area contributed by atoms with E-state index >= 15 is 0 Å². The fourth-order valence-electron chi connectivity index (χ4n) is 6.97. The van der Waals surface area contributed by atoms with Crippen molar-refractivity contribution in [2.24, 2.45) is 0 Å². The molecular formula is C40H45N3O7. The zero-order valence-electron chi connectivity index (χ0n) is 29.4. The number of carbonyl (C=O) groups is 3. The van der Waals surface area contributed by atoms with E-state index in [1.54, 1.807) is 11.8 Å². The van der Waals surface area contributed by atoms with Crippen LogP contribution in [0, 0.1) is 0 Å². The Morgan fingerprint density at radius 1 is 0.780 bits per heavy atom. The normalized spacial score (nSPS) is 18.5. The number of fused-ring (bicyclic) bond motifs is 2. The topological polar surface area (TPSA) is 107 Å². The molecule has 0 aliphatic carbocycles. The lowest BCUT2D eigenvalue weighted by Gasteiger charge is -2.38. The van der Waals surface area contributed by atoms with Crippen LogP contribution in [0.2, 0.25) is 0 Å². The van der Waals surface area contributed by atoms with E-state index in [4.69, 9.17) is 18.9 Å². The van der Waals surface area contributed by atoms with Gasteiger partial charge in [-0.15, -0.1) is 0 Å². The van der Waals surface area contributed by atoms with Crippen molar-refractivity contribution < 1.29 is 33.3 Å². The molecule has 0 saturated carbocycles. The molecule has 0 spiro atoms. The molecule has 10 nitrogen and oxygen atoms in total. The van der Waals surface area contributed by atoms with E-state index < -0.39 is 23.5 Å². The maximum atomic E-state index is 14.3. The Kier molecular flexibility index (Phi) is 10.2. The number of hydrogen-bond donors (Lipinski definition) is 1. The molecule has 2 aliphatic rings. The summed E-state index contributed by atoms with van der Waals surface area (Å²) in [4.78, 5) is 44.5. The molecule has 1 fully saturated rings. The molecule has 0 bridgehead atoms. The van der Waals surface area contributed by atoms with Crippen molar-refractivity contribution in [1.82, 2.24) is 15.1 Å². The number of hydrogen-bond acceptors (Lipinski definition) is 7. The van der Waals surface area contributed by atoms with Crippen molar-refractivity contribution in [3.05, 3.63) is 95.1 Å². The van der Waals surface area contributed by atoms with E-state index in [1.165, 1.54) is 0 Å². The average molecular weight is 680 g/mol. The van der Waals surface area contributed by atoms with Crippen LogP contribution in [0.4, 0.5) is 4.79 Å². The van der Waals surface area contributed by atoms with Crippen molar-refractivity contribution in [2.75, 3.05) is 39.5 Å². The average Bonchev–Trinajstić information content (AvgIpc) is 3.33. The Bertz CT molecular complexity index is 1910. The maximum absolute atomic E-state index is 14.3. The number of carbonyl (C=O) groups excluding carboxylic acids is 3. The Morgan fingerprint density at radius 3 is 2.12 bits per heavy atom. The lowest BCUT2D eigenvalue weighted by molar-refractivity contribution is -0.140. The molecule has 50 heavy (non-hydrogen) atoms. The van der Waals surface area contributed by atoms with E-state index in [0.717, 1.165) is 32.4 Å². The highest BCUT2D eigenvalue weighted by atomic mass is 16.5. The summed E-state index contributed by atoms with van der Waals surface area (Å²) in [6.07, 6.45) is 1.03. The van der Waals surface area contributed by atoms with Crippen molar-refractivity contribution in [1.29, 1.82) is 0 Å². The second-order valence-electron chi connectivity index (χ2n) is 12.6. The maximum Gasteiger partial charge on any atom is 0.325 e. The number of rotatable bonds is 13. The molecule has 2 heterocycles. The van der Waals surface area contributed by atoms with Crippen LogP contribution in [0.25, 0.3) is 10.8 Å². The van der Waals surface area contributed by atoms with Gasteiger partial charge < -0.3 is 29.2 Å². The van der Waals surface area contributed by atoms with E-state index in [-0.39, 0.29) is 12.5 Å². The van der Waals surface area contributed by atoms with E-state index in [0.29, 0.717) is 74.4 Å². The minimum absolute atomic E-state index is 0.324. The number of ether oxygens (including phenoxy) is 4. The highest BCUT2D eigenvalue weighted by molar-refractivity contribution is 6.09. The second-order valence-corrected chi connectivity index (χ2v) is 12.6. The quantitative estimate of drug-likeness (QED) is 0.159. The third-order valence-electron chi connectivity index (χ3n) is 9.41. The summed E-state index contributed by atoms with van der Waals surface area (Å²) in [5.41, 5.74) is 2.28. The molecule has 2 aliphatic heterocycles. The molecule has 0 aromatic heterocycles. The molecule has 4 aromatic rings. The summed E-state index contributed by atoms with van der Waals surface area (Å²) in [5.74, 6) is 1.77. The SMILES string of the molecule is CCOc1ccc(CC2c3cc(OCC)c(OCC)cc3CCN2C(=O)CN2C(=O)NC(C)(c3ccc4ccccc4c3)C2=O)cc1OCC. The first-order valence-corrected chi connectivity index (χ1v) is 17.4. The Balaban J connectivity index is 1.32. The predicted molar refractivity (Wildman–Crippen MR) is 191 cm³/mol. The van der Waals surface area contributed by atoms with E-state index in [2.05, 4.69) is 5.32 Å². The van der Waals surface area contributed by atoms with Gasteiger partial charge in [0.1, 0.15) is 12.1 Å². The summed E-state index contributed by atoms with van der Waals surface area (Å²) >= 11 is 0. The zero-order chi connectivity index (χ0) is 35.4. The first kappa shape index (κ1) is 34.6. The van der Waals surface area contributed by atoms with Gasteiger partial charge in [0.05, 0.1) is 32.5 Å². The van der Waals surface area contributed by atoms with Crippen molar-refractivity contribution in [3.8, 4) is 23.0 Å². The third kappa shape index (κ3) is 6.66. The van der Waals surface area contributed by atoms with Gasteiger partial charge >= 0.3 is 6.03 Å². The molecule has 1 saturated heterocycles. The minimum Gasteiger partial charge on any atom is -0.490 e. The fourth-order valence-corrected chi connectivity index (χ4v) is 6.97. The molecule has 6 rings (SSSR count). The molecule has 2 unspecified atom stereocenters. The van der Waals surface area contributed by atoms with E-state index in [1.807, 2.05) is 100 Å². The number of imide groups is 1. The second kappa shape index (κ2) is 14.7. The smallest absolute Gasteiger partial charge is 0.325 e. The molecule has 4 amide bonds. The van der Waals surface area contributed by atoms with Gasteiger partial charge in [-0.05, 0) is 111 Å². The standard InChI is InChI=1S/C40H45N3O7/c1-6-47-33-17-14-26(21-34(33)48-7-2)20-32-31-24-36(50-9-4)35(49-8-3)23-29(31)18-19-42(32)37(44)25-43-38(45)40(5,41-39(43)46)30-16-15-27-12-10-11-13-28(27)22-30/h10-17,21-24,32H,6-9,18-20,25H2,1-5H3,(H,41,46). The van der Waals surface area contributed by atoms with Crippen LogP contribution in [0.15, 0.2) is 72.8 Å². The van der Waals surface area contributed by atoms with Gasteiger partial charge in [-0.3, -0.25) is 14.5 Å².